The van der Waals surface area contributed by atoms with Crippen molar-refractivity contribution in [3.05, 3.63) is 38.9 Å². The summed E-state index contributed by atoms with van der Waals surface area (Å²) in [4.78, 5) is 12.9. The topological polar surface area (TPSA) is 29.0 Å². The lowest BCUT2D eigenvalue weighted by Gasteiger charge is -2.27. The molecule has 2 aromatic heterocycles. The maximum atomic E-state index is 4.74. The molecule has 5 heteroatoms. The third kappa shape index (κ3) is 4.27. The van der Waals surface area contributed by atoms with Gasteiger partial charge in [0, 0.05) is 35.9 Å². The van der Waals surface area contributed by atoms with Crippen molar-refractivity contribution in [1.82, 2.24) is 9.97 Å². The van der Waals surface area contributed by atoms with E-state index in [0.717, 1.165) is 22.7 Å². The van der Waals surface area contributed by atoms with Gasteiger partial charge in [0.2, 0.25) is 0 Å². The number of likely N-dealkylation sites (N-methyl/N-ethyl adjacent to an activating group) is 1. The first-order valence-corrected chi connectivity index (χ1v) is 8.75. The Balaban J connectivity index is 2.22. The monoisotopic (exact) mass is 367 g/mol. The highest BCUT2D eigenvalue weighted by Crippen LogP contribution is 2.25. The molecule has 0 saturated carbocycles. The van der Waals surface area contributed by atoms with Crippen molar-refractivity contribution in [3.8, 4) is 0 Å². The van der Waals surface area contributed by atoms with Crippen molar-refractivity contribution >= 4 is 33.1 Å². The lowest BCUT2D eigenvalue weighted by Crippen LogP contribution is -2.32. The van der Waals surface area contributed by atoms with Gasteiger partial charge in [0.25, 0.3) is 0 Å². The van der Waals surface area contributed by atoms with Crippen molar-refractivity contribution < 1.29 is 0 Å². The van der Waals surface area contributed by atoms with Gasteiger partial charge in [-0.05, 0) is 34.3 Å². The Labute approximate surface area is 139 Å². The van der Waals surface area contributed by atoms with Crippen LogP contribution in [0.15, 0.2) is 28.2 Å². The SMILES string of the molecule is CC(Cc1cccs1)N(C)c1cc(Br)nc(C(C)(C)C)n1. The molecule has 0 radical (unpaired) electrons. The number of hydrogen-bond acceptors (Lipinski definition) is 4. The molecule has 2 rings (SSSR count). The van der Waals surface area contributed by atoms with E-state index in [-0.39, 0.29) is 5.41 Å². The first-order valence-electron chi connectivity index (χ1n) is 7.07. The second-order valence-electron chi connectivity index (χ2n) is 6.37. The maximum Gasteiger partial charge on any atom is 0.137 e. The number of hydrogen-bond donors (Lipinski definition) is 0. The standard InChI is InChI=1S/C16H22BrN3S/c1-11(9-12-7-6-8-21-12)20(5)14-10-13(17)18-15(19-14)16(2,3)4/h6-8,10-11H,9H2,1-5H3. The molecule has 2 aromatic rings. The van der Waals surface area contributed by atoms with Gasteiger partial charge in [0.1, 0.15) is 16.2 Å². The van der Waals surface area contributed by atoms with Crippen molar-refractivity contribution in [1.29, 1.82) is 0 Å². The summed E-state index contributed by atoms with van der Waals surface area (Å²) in [6, 6.07) is 6.66. The van der Waals surface area contributed by atoms with E-state index < -0.39 is 0 Å². The van der Waals surface area contributed by atoms with Crippen LogP contribution >= 0.6 is 27.3 Å². The summed E-state index contributed by atoms with van der Waals surface area (Å²) in [6.07, 6.45) is 1.03. The van der Waals surface area contributed by atoms with E-state index in [1.54, 1.807) is 11.3 Å². The molecule has 21 heavy (non-hydrogen) atoms. The van der Waals surface area contributed by atoms with Gasteiger partial charge in [-0.3, -0.25) is 0 Å². The lowest BCUT2D eigenvalue weighted by molar-refractivity contribution is 0.540. The Morgan fingerprint density at radius 3 is 2.62 bits per heavy atom. The molecule has 1 unspecified atom stereocenters. The molecule has 0 amide bonds. The van der Waals surface area contributed by atoms with Crippen LogP contribution in [0.2, 0.25) is 0 Å². The molecule has 0 bridgehead atoms. The number of nitrogens with zero attached hydrogens (tertiary/aromatic N) is 3. The Morgan fingerprint density at radius 2 is 2.05 bits per heavy atom. The summed E-state index contributed by atoms with van der Waals surface area (Å²) in [5.41, 5.74) is -0.0592. The minimum absolute atomic E-state index is 0.0592. The molecule has 0 fully saturated rings. The van der Waals surface area contributed by atoms with Crippen LogP contribution in [0.5, 0.6) is 0 Å². The molecular weight excluding hydrogens is 346 g/mol. The smallest absolute Gasteiger partial charge is 0.137 e. The summed E-state index contributed by atoms with van der Waals surface area (Å²) in [6.45, 7) is 8.63. The van der Waals surface area contributed by atoms with Crippen molar-refractivity contribution in [3.63, 3.8) is 0 Å². The molecular formula is C16H22BrN3S. The predicted octanol–water partition coefficient (Wildman–Crippen LogP) is 4.67. The second kappa shape index (κ2) is 6.44. The third-order valence-electron chi connectivity index (χ3n) is 3.45. The fraction of sp³-hybridized carbons (Fsp3) is 0.500. The van der Waals surface area contributed by atoms with E-state index >= 15 is 0 Å². The van der Waals surface area contributed by atoms with Crippen LogP contribution in [0, 0.1) is 0 Å². The van der Waals surface area contributed by atoms with Crippen LogP contribution in [0.1, 0.15) is 38.4 Å². The number of anilines is 1. The van der Waals surface area contributed by atoms with Gasteiger partial charge in [0.15, 0.2) is 0 Å². The van der Waals surface area contributed by atoms with Gasteiger partial charge in [-0.2, -0.15) is 0 Å². The molecule has 114 valence electrons. The van der Waals surface area contributed by atoms with E-state index in [1.807, 2.05) is 6.07 Å². The summed E-state index contributed by atoms with van der Waals surface area (Å²) in [7, 11) is 2.10. The van der Waals surface area contributed by atoms with Gasteiger partial charge >= 0.3 is 0 Å². The van der Waals surface area contributed by atoms with E-state index in [0.29, 0.717) is 6.04 Å². The van der Waals surface area contributed by atoms with Crippen LogP contribution < -0.4 is 4.90 Å². The van der Waals surface area contributed by atoms with Gasteiger partial charge in [-0.15, -0.1) is 11.3 Å². The van der Waals surface area contributed by atoms with Crippen molar-refractivity contribution in [2.75, 3.05) is 11.9 Å². The fourth-order valence-electron chi connectivity index (χ4n) is 2.00. The van der Waals surface area contributed by atoms with Crippen LogP contribution in [0.3, 0.4) is 0 Å². The van der Waals surface area contributed by atoms with E-state index in [4.69, 9.17) is 4.98 Å². The average Bonchev–Trinajstić information content (AvgIpc) is 2.88. The molecule has 0 spiro atoms. The summed E-state index contributed by atoms with van der Waals surface area (Å²) >= 11 is 5.31. The molecule has 0 aliphatic rings. The molecule has 0 aliphatic carbocycles. The maximum absolute atomic E-state index is 4.74. The summed E-state index contributed by atoms with van der Waals surface area (Å²) < 4.78 is 0.840. The molecule has 0 aromatic carbocycles. The van der Waals surface area contributed by atoms with E-state index in [9.17, 15) is 0 Å². The van der Waals surface area contributed by atoms with E-state index in [2.05, 4.69) is 78.1 Å². The second-order valence-corrected chi connectivity index (χ2v) is 8.21. The molecule has 0 saturated heterocycles. The lowest BCUT2D eigenvalue weighted by atomic mass is 9.96. The largest absolute Gasteiger partial charge is 0.356 e. The van der Waals surface area contributed by atoms with Crippen molar-refractivity contribution in [2.24, 2.45) is 0 Å². The Kier molecular flexibility index (Phi) is 5.04. The summed E-state index contributed by atoms with van der Waals surface area (Å²) in [5, 5.41) is 2.13. The molecule has 2 heterocycles. The minimum atomic E-state index is -0.0592. The zero-order valence-electron chi connectivity index (χ0n) is 13.2. The van der Waals surface area contributed by atoms with Gasteiger partial charge in [0.05, 0.1) is 0 Å². The highest BCUT2D eigenvalue weighted by Gasteiger charge is 2.21. The van der Waals surface area contributed by atoms with Crippen LogP contribution in [-0.4, -0.2) is 23.1 Å². The number of rotatable bonds is 4. The Bertz CT molecular complexity index is 590. The van der Waals surface area contributed by atoms with Crippen LogP contribution in [0.25, 0.3) is 0 Å². The minimum Gasteiger partial charge on any atom is -0.356 e. The fourth-order valence-corrected chi connectivity index (χ4v) is 3.20. The number of thiophene rings is 1. The first-order chi connectivity index (χ1) is 9.77. The van der Waals surface area contributed by atoms with Gasteiger partial charge in [-0.1, -0.05) is 26.8 Å². The molecule has 3 nitrogen and oxygen atoms in total. The molecule has 0 N–H and O–H groups in total. The van der Waals surface area contributed by atoms with Crippen molar-refractivity contribution in [2.45, 2.75) is 45.6 Å². The van der Waals surface area contributed by atoms with E-state index in [1.165, 1.54) is 4.88 Å². The highest BCUT2D eigenvalue weighted by molar-refractivity contribution is 9.10. The summed E-state index contributed by atoms with van der Waals surface area (Å²) in [5.74, 6) is 1.83. The number of halogens is 1. The zero-order valence-corrected chi connectivity index (χ0v) is 15.6. The van der Waals surface area contributed by atoms with Gasteiger partial charge < -0.3 is 4.90 Å². The highest BCUT2D eigenvalue weighted by atomic mass is 79.9. The predicted molar refractivity (Wildman–Crippen MR) is 94.3 cm³/mol. The van der Waals surface area contributed by atoms with Crippen LogP contribution in [0.4, 0.5) is 5.82 Å². The Hall–Kier alpha value is -0.940. The molecule has 1 atom stereocenters. The quantitative estimate of drug-likeness (QED) is 0.735. The normalized spacial score (nSPS) is 13.2. The zero-order chi connectivity index (χ0) is 15.6. The first kappa shape index (κ1) is 16.4. The third-order valence-corrected chi connectivity index (χ3v) is 4.76. The number of aromatic nitrogens is 2. The van der Waals surface area contributed by atoms with Crippen LogP contribution in [-0.2, 0) is 11.8 Å². The Morgan fingerprint density at radius 1 is 1.33 bits per heavy atom. The molecule has 0 aliphatic heterocycles. The van der Waals surface area contributed by atoms with Gasteiger partial charge in [-0.25, -0.2) is 9.97 Å². The average molecular weight is 368 g/mol.